The number of fused-ring (bicyclic) bond motifs is 1. The van der Waals surface area contributed by atoms with E-state index in [0.717, 1.165) is 5.56 Å². The average Bonchev–Trinajstić information content (AvgIpc) is 3.35. The third kappa shape index (κ3) is 6.03. The standard InChI is InChI=1S/C28H27ClN2O6S2/c1-17-5-4-6-20(11-17)37-23-10-8-19(29)14-21(23)31-22-15-39(33,34)16-26(22)38-28(31)30-27(32)13-18-7-9-24(35-2)25(12-18)36-3/h4-12,14,22,26H,13,15-16H2,1-3H3/t22-,26-/m0/s1. The smallest absolute Gasteiger partial charge is 0.252 e. The van der Waals surface area contributed by atoms with Crippen LogP contribution in [0.2, 0.25) is 5.02 Å². The summed E-state index contributed by atoms with van der Waals surface area (Å²) in [5, 5.41) is 0.599. The molecule has 0 radical (unpaired) electrons. The Morgan fingerprint density at radius 1 is 1.03 bits per heavy atom. The van der Waals surface area contributed by atoms with Crippen LogP contribution in [0.5, 0.6) is 23.0 Å². The molecule has 11 heteroatoms. The normalized spacial score (nSPS) is 20.6. The van der Waals surface area contributed by atoms with Crippen LogP contribution in [0, 0.1) is 6.92 Å². The number of halogens is 1. The van der Waals surface area contributed by atoms with E-state index in [-0.39, 0.29) is 29.1 Å². The second-order valence-corrected chi connectivity index (χ2v) is 13.2. The number of amides is 1. The summed E-state index contributed by atoms with van der Waals surface area (Å²) in [4.78, 5) is 19.4. The predicted octanol–water partition coefficient (Wildman–Crippen LogP) is 5.30. The van der Waals surface area contributed by atoms with Gasteiger partial charge in [-0.25, -0.2) is 8.42 Å². The molecule has 0 N–H and O–H groups in total. The fourth-order valence-corrected chi connectivity index (χ4v) is 8.82. The summed E-state index contributed by atoms with van der Waals surface area (Å²) < 4.78 is 42.0. The number of ether oxygens (including phenoxy) is 3. The Bertz CT molecular complexity index is 1560. The number of carbonyl (C=O) groups excluding carboxylic acids is 1. The van der Waals surface area contributed by atoms with Gasteiger partial charge < -0.3 is 19.1 Å². The molecule has 204 valence electrons. The summed E-state index contributed by atoms with van der Waals surface area (Å²) in [7, 11) is -0.172. The number of anilines is 1. The van der Waals surface area contributed by atoms with Crippen molar-refractivity contribution in [1.29, 1.82) is 0 Å². The van der Waals surface area contributed by atoms with E-state index in [1.807, 2.05) is 31.2 Å². The number of carbonyl (C=O) groups is 1. The van der Waals surface area contributed by atoms with Gasteiger partial charge in [0.05, 0.1) is 43.9 Å². The van der Waals surface area contributed by atoms with E-state index < -0.39 is 15.9 Å². The number of amidine groups is 1. The average molecular weight is 587 g/mol. The molecule has 2 saturated heterocycles. The topological polar surface area (TPSA) is 94.5 Å². The van der Waals surface area contributed by atoms with Crippen LogP contribution in [0.3, 0.4) is 0 Å². The minimum absolute atomic E-state index is 0.0103. The van der Waals surface area contributed by atoms with Crippen molar-refractivity contribution in [2.24, 2.45) is 4.99 Å². The molecule has 3 aromatic rings. The zero-order valence-electron chi connectivity index (χ0n) is 21.6. The highest BCUT2D eigenvalue weighted by atomic mass is 35.5. The molecule has 2 fully saturated rings. The first-order chi connectivity index (χ1) is 18.7. The summed E-state index contributed by atoms with van der Waals surface area (Å²) >= 11 is 7.70. The van der Waals surface area contributed by atoms with Crippen molar-refractivity contribution < 1.29 is 27.4 Å². The number of thioether (sulfide) groups is 1. The summed E-state index contributed by atoms with van der Waals surface area (Å²) in [5.41, 5.74) is 2.30. The molecule has 3 aromatic carbocycles. The van der Waals surface area contributed by atoms with Gasteiger partial charge >= 0.3 is 0 Å². The first-order valence-electron chi connectivity index (χ1n) is 12.2. The third-order valence-electron chi connectivity index (χ3n) is 6.49. The molecule has 0 spiro atoms. The molecule has 0 saturated carbocycles. The van der Waals surface area contributed by atoms with Gasteiger partial charge in [-0.15, -0.1) is 0 Å². The third-order valence-corrected chi connectivity index (χ3v) is 9.93. The van der Waals surface area contributed by atoms with Crippen LogP contribution in [0.4, 0.5) is 5.69 Å². The molecule has 2 atom stereocenters. The number of nitrogens with zero attached hydrogens (tertiary/aromatic N) is 2. The van der Waals surface area contributed by atoms with Crippen molar-refractivity contribution in [3.05, 3.63) is 76.8 Å². The fourth-order valence-electron chi connectivity index (χ4n) is 4.73. The van der Waals surface area contributed by atoms with Crippen LogP contribution in [-0.2, 0) is 21.1 Å². The van der Waals surface area contributed by atoms with Crippen LogP contribution < -0.4 is 19.1 Å². The van der Waals surface area contributed by atoms with E-state index in [2.05, 4.69) is 4.99 Å². The summed E-state index contributed by atoms with van der Waals surface area (Å²) in [6.45, 7) is 1.97. The number of aliphatic imine (C=N–C) groups is 1. The van der Waals surface area contributed by atoms with Crippen LogP contribution in [0.15, 0.2) is 65.7 Å². The molecule has 1 amide bonds. The zero-order chi connectivity index (χ0) is 27.7. The quantitative estimate of drug-likeness (QED) is 0.368. The summed E-state index contributed by atoms with van der Waals surface area (Å²) in [6, 6.07) is 17.6. The largest absolute Gasteiger partial charge is 0.493 e. The molecular formula is C28H27ClN2O6S2. The number of benzene rings is 3. The Labute approximate surface area is 236 Å². The van der Waals surface area contributed by atoms with E-state index in [0.29, 0.717) is 44.4 Å². The highest BCUT2D eigenvalue weighted by Crippen LogP contribution is 2.45. The molecular weight excluding hydrogens is 560 g/mol. The highest BCUT2D eigenvalue weighted by Gasteiger charge is 2.50. The van der Waals surface area contributed by atoms with Crippen molar-refractivity contribution >= 4 is 50.0 Å². The van der Waals surface area contributed by atoms with Gasteiger partial charge in [-0.05, 0) is 60.5 Å². The molecule has 0 unspecified atom stereocenters. The lowest BCUT2D eigenvalue weighted by Crippen LogP contribution is -2.38. The second kappa shape index (κ2) is 11.1. The van der Waals surface area contributed by atoms with Crippen LogP contribution in [-0.4, -0.2) is 56.5 Å². The van der Waals surface area contributed by atoms with Crippen molar-refractivity contribution in [3.63, 3.8) is 0 Å². The van der Waals surface area contributed by atoms with Gasteiger partial charge in [0.15, 0.2) is 32.3 Å². The molecule has 0 aromatic heterocycles. The maximum Gasteiger partial charge on any atom is 0.252 e. The molecule has 2 heterocycles. The number of methoxy groups -OCH3 is 2. The van der Waals surface area contributed by atoms with Gasteiger partial charge in [-0.1, -0.05) is 41.6 Å². The fraction of sp³-hybridized carbons (Fsp3) is 0.286. The molecule has 8 nitrogen and oxygen atoms in total. The Balaban J connectivity index is 1.50. The van der Waals surface area contributed by atoms with Gasteiger partial charge in [0.25, 0.3) is 5.91 Å². The van der Waals surface area contributed by atoms with Gasteiger partial charge in [0, 0.05) is 10.3 Å². The lowest BCUT2D eigenvalue weighted by molar-refractivity contribution is -0.117. The van der Waals surface area contributed by atoms with E-state index in [1.54, 1.807) is 48.4 Å². The monoisotopic (exact) mass is 586 g/mol. The van der Waals surface area contributed by atoms with Crippen LogP contribution in [0.1, 0.15) is 11.1 Å². The molecule has 2 aliphatic rings. The van der Waals surface area contributed by atoms with Crippen molar-refractivity contribution in [3.8, 4) is 23.0 Å². The lowest BCUT2D eigenvalue weighted by Gasteiger charge is -2.27. The van der Waals surface area contributed by atoms with Crippen molar-refractivity contribution in [2.75, 3.05) is 30.6 Å². The van der Waals surface area contributed by atoms with Gasteiger partial charge in [-0.2, -0.15) is 4.99 Å². The Morgan fingerprint density at radius 3 is 2.54 bits per heavy atom. The maximum atomic E-state index is 13.2. The van der Waals surface area contributed by atoms with E-state index >= 15 is 0 Å². The molecule has 5 rings (SSSR count). The number of hydrogen-bond acceptors (Lipinski definition) is 7. The summed E-state index contributed by atoms with van der Waals surface area (Å²) in [5.74, 6) is 1.78. The Morgan fingerprint density at radius 2 is 1.79 bits per heavy atom. The van der Waals surface area contributed by atoms with E-state index in [1.165, 1.54) is 18.9 Å². The number of hydrogen-bond donors (Lipinski definition) is 0. The second-order valence-electron chi connectivity index (χ2n) is 9.36. The first kappa shape index (κ1) is 27.4. The number of rotatable bonds is 7. The minimum Gasteiger partial charge on any atom is -0.493 e. The van der Waals surface area contributed by atoms with Gasteiger partial charge in [-0.3, -0.25) is 4.79 Å². The van der Waals surface area contributed by atoms with Crippen molar-refractivity contribution in [1.82, 2.24) is 0 Å². The highest BCUT2D eigenvalue weighted by molar-refractivity contribution is 8.16. The summed E-state index contributed by atoms with van der Waals surface area (Å²) in [6.07, 6.45) is 0.0358. The first-order valence-corrected chi connectivity index (χ1v) is 15.3. The Kier molecular flexibility index (Phi) is 7.80. The molecule has 2 aliphatic heterocycles. The van der Waals surface area contributed by atoms with Gasteiger partial charge in [0.2, 0.25) is 0 Å². The zero-order valence-corrected chi connectivity index (χ0v) is 24.0. The number of sulfone groups is 1. The van der Waals surface area contributed by atoms with Gasteiger partial charge in [0.1, 0.15) is 5.75 Å². The lowest BCUT2D eigenvalue weighted by atomic mass is 10.1. The van der Waals surface area contributed by atoms with E-state index in [9.17, 15) is 13.2 Å². The van der Waals surface area contributed by atoms with E-state index in [4.69, 9.17) is 25.8 Å². The maximum absolute atomic E-state index is 13.2. The number of aryl methyl sites for hydroxylation is 1. The SMILES string of the molecule is COc1ccc(CC(=O)N=C2S[C@H]3CS(=O)(=O)C[C@@H]3N2c2cc(Cl)ccc2Oc2cccc(C)c2)cc1OC. The Hall–Kier alpha value is -3.21. The predicted molar refractivity (Wildman–Crippen MR) is 155 cm³/mol. The van der Waals surface area contributed by atoms with Crippen molar-refractivity contribution in [2.45, 2.75) is 24.6 Å². The molecule has 0 bridgehead atoms. The van der Waals surface area contributed by atoms with Crippen LogP contribution in [0.25, 0.3) is 0 Å². The van der Waals surface area contributed by atoms with Crippen LogP contribution >= 0.6 is 23.4 Å². The minimum atomic E-state index is -3.25. The molecule has 39 heavy (non-hydrogen) atoms. The molecule has 0 aliphatic carbocycles.